The van der Waals surface area contributed by atoms with Crippen molar-refractivity contribution in [3.8, 4) is 0 Å². The Morgan fingerprint density at radius 2 is 0.828 bits per heavy atom. The lowest BCUT2D eigenvalue weighted by Crippen LogP contribution is -2.40. The normalized spacial score (nSPS) is 11.1. The van der Waals surface area contributed by atoms with Crippen molar-refractivity contribution in [3.05, 3.63) is 72.8 Å². The molecule has 6 heteroatoms. The van der Waals surface area contributed by atoms with Crippen LogP contribution in [0.5, 0.6) is 0 Å². The summed E-state index contributed by atoms with van der Waals surface area (Å²) in [6.45, 7) is 4.33. The van der Waals surface area contributed by atoms with Gasteiger partial charge in [0.2, 0.25) is 0 Å². The predicted molar refractivity (Wildman–Crippen MR) is 126 cm³/mol. The second-order valence-corrected chi connectivity index (χ2v) is 7.63. The molecule has 0 spiro atoms. The minimum absolute atomic E-state index is 0.160. The predicted octanol–water partition coefficient (Wildman–Crippen LogP) is 4.08. The van der Waals surface area contributed by atoms with Gasteiger partial charge in [0, 0.05) is 25.0 Å². The lowest BCUT2D eigenvalue weighted by atomic mass is 9.89. The van der Waals surface area contributed by atoms with Crippen LogP contribution >= 0.6 is 0 Å². The van der Waals surface area contributed by atoms with Gasteiger partial charge in [0.25, 0.3) is 0 Å². The van der Waals surface area contributed by atoms with Crippen LogP contribution in [0, 0.1) is 5.41 Å². The summed E-state index contributed by atoms with van der Waals surface area (Å²) in [6.07, 6.45) is 0. The van der Waals surface area contributed by atoms with Crippen molar-refractivity contribution in [3.63, 3.8) is 0 Å². The van der Waals surface area contributed by atoms with Crippen molar-refractivity contribution in [2.45, 2.75) is 6.92 Å². The summed E-state index contributed by atoms with van der Waals surface area (Å²) in [6, 6.07) is 23.4. The Kier molecular flexibility index (Phi) is 6.34. The summed E-state index contributed by atoms with van der Waals surface area (Å²) < 4.78 is 0. The second-order valence-electron chi connectivity index (χ2n) is 7.63. The molecule has 3 aromatic rings. The Morgan fingerprint density at radius 3 is 1.10 bits per heavy atom. The molecular formula is C23H30N6. The van der Waals surface area contributed by atoms with Gasteiger partial charge in [0.15, 0.2) is 0 Å². The highest BCUT2D eigenvalue weighted by Crippen LogP contribution is 2.26. The van der Waals surface area contributed by atoms with E-state index in [1.807, 2.05) is 72.8 Å². The number of nitrogens with one attached hydrogen (secondary N) is 3. The summed E-state index contributed by atoms with van der Waals surface area (Å²) >= 11 is 0. The van der Waals surface area contributed by atoms with E-state index in [9.17, 15) is 0 Å². The molecule has 0 fully saturated rings. The van der Waals surface area contributed by atoms with E-state index in [1.165, 1.54) is 0 Å². The maximum absolute atomic E-state index is 6.09. The van der Waals surface area contributed by atoms with Crippen molar-refractivity contribution in [2.24, 2.45) is 5.41 Å². The fraction of sp³-hybridized carbons (Fsp3) is 0.217. The van der Waals surface area contributed by atoms with Gasteiger partial charge in [-0.2, -0.15) is 0 Å². The molecule has 0 saturated heterocycles. The molecule has 9 N–H and O–H groups in total. The van der Waals surface area contributed by atoms with Gasteiger partial charge < -0.3 is 33.2 Å². The Hall–Kier alpha value is -3.54. The first-order valence-corrected chi connectivity index (χ1v) is 9.72. The molecule has 0 heterocycles. The van der Waals surface area contributed by atoms with Crippen molar-refractivity contribution >= 4 is 34.1 Å². The van der Waals surface area contributed by atoms with E-state index in [2.05, 4.69) is 22.9 Å². The van der Waals surface area contributed by atoms with E-state index in [0.29, 0.717) is 19.6 Å². The van der Waals surface area contributed by atoms with Gasteiger partial charge in [-0.25, -0.2) is 0 Å². The largest absolute Gasteiger partial charge is 0.397 e. The summed E-state index contributed by atoms with van der Waals surface area (Å²) in [5.41, 5.74) is 23.1. The summed E-state index contributed by atoms with van der Waals surface area (Å²) in [7, 11) is 0. The van der Waals surface area contributed by atoms with Gasteiger partial charge >= 0.3 is 0 Å². The zero-order valence-electron chi connectivity index (χ0n) is 16.8. The van der Waals surface area contributed by atoms with Gasteiger partial charge in [-0.3, -0.25) is 0 Å². The minimum Gasteiger partial charge on any atom is -0.397 e. The zero-order chi connectivity index (χ0) is 20.7. The molecule has 0 radical (unpaired) electrons. The van der Waals surface area contributed by atoms with Gasteiger partial charge in [-0.15, -0.1) is 0 Å². The lowest BCUT2D eigenvalue weighted by Gasteiger charge is -2.32. The van der Waals surface area contributed by atoms with Crippen LogP contribution in [-0.2, 0) is 0 Å². The molecule has 0 aliphatic heterocycles. The molecule has 0 saturated carbocycles. The molecule has 0 aliphatic rings. The average molecular weight is 391 g/mol. The number of anilines is 6. The van der Waals surface area contributed by atoms with Crippen molar-refractivity contribution in [1.29, 1.82) is 0 Å². The molecule has 0 unspecified atom stereocenters. The van der Waals surface area contributed by atoms with Gasteiger partial charge in [-0.05, 0) is 36.4 Å². The van der Waals surface area contributed by atoms with Crippen LogP contribution in [0.1, 0.15) is 6.92 Å². The SMILES string of the molecule is CC(CNc1ccccc1N)(CNc1ccccc1N)CNc1ccccc1N. The van der Waals surface area contributed by atoms with Crippen LogP contribution in [0.3, 0.4) is 0 Å². The van der Waals surface area contributed by atoms with E-state index in [0.717, 1.165) is 34.1 Å². The quantitative estimate of drug-likeness (QED) is 0.307. The van der Waals surface area contributed by atoms with Gasteiger partial charge in [-0.1, -0.05) is 43.3 Å². The highest BCUT2D eigenvalue weighted by atomic mass is 15.0. The van der Waals surface area contributed by atoms with Crippen LogP contribution in [0.15, 0.2) is 72.8 Å². The summed E-state index contributed by atoms with van der Waals surface area (Å²) in [5, 5.41) is 10.5. The molecule has 0 aromatic heterocycles. The number of para-hydroxylation sites is 6. The maximum atomic E-state index is 6.09. The first kappa shape index (κ1) is 20.2. The minimum atomic E-state index is -0.160. The van der Waals surface area contributed by atoms with E-state index in [1.54, 1.807) is 0 Å². The molecule has 0 bridgehead atoms. The molecule has 3 rings (SSSR count). The smallest absolute Gasteiger partial charge is 0.0574 e. The Morgan fingerprint density at radius 1 is 0.552 bits per heavy atom. The van der Waals surface area contributed by atoms with Crippen LogP contribution in [0.25, 0.3) is 0 Å². The third kappa shape index (κ3) is 5.48. The molecule has 6 nitrogen and oxygen atoms in total. The first-order valence-electron chi connectivity index (χ1n) is 9.72. The van der Waals surface area contributed by atoms with Crippen molar-refractivity contribution < 1.29 is 0 Å². The van der Waals surface area contributed by atoms with Crippen molar-refractivity contribution in [2.75, 3.05) is 52.8 Å². The molecule has 0 aliphatic carbocycles. The second kappa shape index (κ2) is 9.10. The van der Waals surface area contributed by atoms with Gasteiger partial charge in [0.1, 0.15) is 0 Å². The molecule has 0 amide bonds. The maximum Gasteiger partial charge on any atom is 0.0574 e. The zero-order valence-corrected chi connectivity index (χ0v) is 16.8. The number of benzene rings is 3. The number of hydrogen-bond acceptors (Lipinski definition) is 6. The van der Waals surface area contributed by atoms with E-state index in [4.69, 9.17) is 17.2 Å². The monoisotopic (exact) mass is 390 g/mol. The number of nitrogens with two attached hydrogens (primary N) is 3. The third-order valence-electron chi connectivity index (χ3n) is 5.00. The third-order valence-corrected chi connectivity index (χ3v) is 5.00. The number of rotatable bonds is 9. The topological polar surface area (TPSA) is 114 Å². The molecule has 3 aromatic carbocycles. The van der Waals surface area contributed by atoms with E-state index in [-0.39, 0.29) is 5.41 Å². The Balaban J connectivity index is 1.73. The first-order chi connectivity index (χ1) is 14.0. The summed E-state index contributed by atoms with van der Waals surface area (Å²) in [5.74, 6) is 0. The molecule has 152 valence electrons. The van der Waals surface area contributed by atoms with Crippen LogP contribution in [0.4, 0.5) is 34.1 Å². The van der Waals surface area contributed by atoms with Crippen LogP contribution in [-0.4, -0.2) is 19.6 Å². The summed E-state index contributed by atoms with van der Waals surface area (Å²) in [4.78, 5) is 0. The fourth-order valence-corrected chi connectivity index (χ4v) is 3.09. The highest BCUT2D eigenvalue weighted by Gasteiger charge is 2.25. The highest BCUT2D eigenvalue weighted by molar-refractivity contribution is 5.67. The number of hydrogen-bond donors (Lipinski definition) is 6. The van der Waals surface area contributed by atoms with Gasteiger partial charge in [0.05, 0.1) is 34.1 Å². The van der Waals surface area contributed by atoms with Crippen LogP contribution in [0.2, 0.25) is 0 Å². The molecule has 0 atom stereocenters. The average Bonchev–Trinajstić information content (AvgIpc) is 2.72. The van der Waals surface area contributed by atoms with Crippen LogP contribution < -0.4 is 33.2 Å². The van der Waals surface area contributed by atoms with E-state index < -0.39 is 0 Å². The Labute approximate surface area is 172 Å². The number of nitrogen functional groups attached to an aromatic ring is 3. The van der Waals surface area contributed by atoms with Crippen molar-refractivity contribution in [1.82, 2.24) is 0 Å². The fourth-order valence-electron chi connectivity index (χ4n) is 3.09. The lowest BCUT2D eigenvalue weighted by molar-refractivity contribution is 0.398. The van der Waals surface area contributed by atoms with E-state index >= 15 is 0 Å². The molecular weight excluding hydrogens is 360 g/mol. The standard InChI is InChI=1S/C23H30N6/c1-23(14-27-20-11-5-2-8-17(20)24,15-28-21-12-6-3-9-18(21)25)16-29-22-13-7-4-10-19(22)26/h2-13,27-29H,14-16,24-26H2,1H3. The Bertz CT molecular complexity index is 819. The molecule has 29 heavy (non-hydrogen) atoms.